The van der Waals surface area contributed by atoms with E-state index in [9.17, 15) is 5.11 Å². The molecule has 100 valence electrons. The van der Waals surface area contributed by atoms with E-state index in [1.54, 1.807) is 0 Å². The number of aromatic hydroxyl groups is 1. The molecule has 4 heteroatoms. The lowest BCUT2D eigenvalue weighted by atomic mass is 9.99. The van der Waals surface area contributed by atoms with Gasteiger partial charge in [-0.2, -0.15) is 0 Å². The molecule has 0 aromatic heterocycles. The van der Waals surface area contributed by atoms with Crippen molar-refractivity contribution in [3.05, 3.63) is 58.1 Å². The molecule has 0 aliphatic carbocycles. The van der Waals surface area contributed by atoms with Crippen molar-refractivity contribution >= 4 is 15.9 Å². The van der Waals surface area contributed by atoms with Crippen LogP contribution in [0.1, 0.15) is 17.2 Å². The van der Waals surface area contributed by atoms with Gasteiger partial charge in [-0.1, -0.05) is 30.3 Å². The van der Waals surface area contributed by atoms with Crippen LogP contribution in [0.15, 0.2) is 46.9 Å². The average molecular weight is 322 g/mol. The molecule has 2 aromatic rings. The van der Waals surface area contributed by atoms with Gasteiger partial charge in [0.2, 0.25) is 0 Å². The van der Waals surface area contributed by atoms with Crippen molar-refractivity contribution in [2.75, 3.05) is 7.11 Å². The van der Waals surface area contributed by atoms with Gasteiger partial charge in [0.05, 0.1) is 11.6 Å². The molecule has 2 rings (SSSR count). The second-order valence-electron chi connectivity index (χ2n) is 4.35. The van der Waals surface area contributed by atoms with Gasteiger partial charge in [0.25, 0.3) is 0 Å². The van der Waals surface area contributed by atoms with Crippen molar-refractivity contribution in [2.24, 2.45) is 5.73 Å². The molecule has 0 spiro atoms. The van der Waals surface area contributed by atoms with Crippen LogP contribution in [0, 0.1) is 0 Å². The number of nitrogens with two attached hydrogens (primary N) is 1. The number of phenols is 1. The summed E-state index contributed by atoms with van der Waals surface area (Å²) in [6.07, 6.45) is 0.680. The minimum Gasteiger partial charge on any atom is -0.503 e. The summed E-state index contributed by atoms with van der Waals surface area (Å²) in [6, 6.07) is 13.5. The van der Waals surface area contributed by atoms with E-state index in [4.69, 9.17) is 10.5 Å². The second kappa shape index (κ2) is 6.08. The second-order valence-corrected chi connectivity index (χ2v) is 5.20. The Morgan fingerprint density at radius 2 is 1.95 bits per heavy atom. The first kappa shape index (κ1) is 13.9. The van der Waals surface area contributed by atoms with Crippen molar-refractivity contribution in [1.29, 1.82) is 0 Å². The Bertz CT molecular complexity index is 558. The third-order valence-electron chi connectivity index (χ3n) is 2.99. The number of hydrogen-bond acceptors (Lipinski definition) is 3. The fourth-order valence-corrected chi connectivity index (χ4v) is 2.46. The number of phenolic OH excluding ortho intramolecular Hbond substituents is 1. The summed E-state index contributed by atoms with van der Waals surface area (Å²) in [4.78, 5) is 0. The van der Waals surface area contributed by atoms with Crippen LogP contribution in [0.25, 0.3) is 0 Å². The third-order valence-corrected chi connectivity index (χ3v) is 3.60. The molecule has 2 aromatic carbocycles. The number of hydrogen-bond donors (Lipinski definition) is 2. The lowest BCUT2D eigenvalue weighted by molar-refractivity contribution is 0.371. The zero-order valence-electron chi connectivity index (χ0n) is 10.6. The Morgan fingerprint density at radius 1 is 1.26 bits per heavy atom. The maximum atomic E-state index is 9.77. The highest BCUT2D eigenvalue weighted by Gasteiger charge is 2.12. The molecule has 0 saturated carbocycles. The van der Waals surface area contributed by atoms with Crippen LogP contribution in [0.3, 0.4) is 0 Å². The molecular weight excluding hydrogens is 306 g/mol. The van der Waals surface area contributed by atoms with Gasteiger partial charge in [-0.15, -0.1) is 0 Å². The van der Waals surface area contributed by atoms with Crippen LogP contribution >= 0.6 is 15.9 Å². The molecule has 1 unspecified atom stereocenters. The standard InChI is InChI=1S/C15H16BrNO2/c1-19-14-9-10(7-12(16)15(14)18)8-13(17)11-5-3-2-4-6-11/h2-7,9,13,18H,8,17H2,1H3. The molecule has 0 aliphatic heterocycles. The number of ether oxygens (including phenoxy) is 1. The summed E-state index contributed by atoms with van der Waals surface area (Å²) in [5.41, 5.74) is 8.29. The van der Waals surface area contributed by atoms with Crippen molar-refractivity contribution in [3.63, 3.8) is 0 Å². The maximum absolute atomic E-state index is 9.77. The van der Waals surface area contributed by atoms with Gasteiger partial charge in [-0.05, 0) is 45.6 Å². The summed E-state index contributed by atoms with van der Waals surface area (Å²) in [6.45, 7) is 0. The highest BCUT2D eigenvalue weighted by atomic mass is 79.9. The van der Waals surface area contributed by atoms with E-state index in [1.165, 1.54) is 7.11 Å². The van der Waals surface area contributed by atoms with Gasteiger partial charge in [0.15, 0.2) is 11.5 Å². The van der Waals surface area contributed by atoms with Gasteiger partial charge >= 0.3 is 0 Å². The normalized spacial score (nSPS) is 12.2. The summed E-state index contributed by atoms with van der Waals surface area (Å²) >= 11 is 3.31. The highest BCUT2D eigenvalue weighted by Crippen LogP contribution is 2.36. The van der Waals surface area contributed by atoms with Crippen molar-refractivity contribution in [3.8, 4) is 11.5 Å². The minimum absolute atomic E-state index is 0.0812. The predicted molar refractivity (Wildman–Crippen MR) is 79.4 cm³/mol. The van der Waals surface area contributed by atoms with Crippen LogP contribution < -0.4 is 10.5 Å². The molecule has 0 heterocycles. The van der Waals surface area contributed by atoms with E-state index in [0.29, 0.717) is 16.6 Å². The number of benzene rings is 2. The molecular formula is C15H16BrNO2. The molecule has 0 radical (unpaired) electrons. The number of methoxy groups -OCH3 is 1. The topological polar surface area (TPSA) is 55.5 Å². The summed E-state index contributed by atoms with van der Waals surface area (Å²) in [5.74, 6) is 0.559. The molecule has 0 saturated heterocycles. The fourth-order valence-electron chi connectivity index (χ4n) is 1.97. The summed E-state index contributed by atoms with van der Waals surface area (Å²) in [7, 11) is 1.53. The molecule has 0 aliphatic rings. The van der Waals surface area contributed by atoms with Crippen molar-refractivity contribution < 1.29 is 9.84 Å². The van der Waals surface area contributed by atoms with Gasteiger partial charge in [0, 0.05) is 6.04 Å². The first-order valence-corrected chi connectivity index (χ1v) is 6.77. The first-order chi connectivity index (χ1) is 9.11. The van der Waals surface area contributed by atoms with E-state index in [2.05, 4.69) is 15.9 Å². The Labute approximate surface area is 121 Å². The molecule has 19 heavy (non-hydrogen) atoms. The quantitative estimate of drug-likeness (QED) is 0.907. The van der Waals surface area contributed by atoms with Crippen molar-refractivity contribution in [1.82, 2.24) is 0 Å². The van der Waals surface area contributed by atoms with Gasteiger partial charge in [-0.25, -0.2) is 0 Å². The lowest BCUT2D eigenvalue weighted by Crippen LogP contribution is -2.13. The van der Waals surface area contributed by atoms with E-state index in [1.807, 2.05) is 42.5 Å². The van der Waals surface area contributed by atoms with Gasteiger partial charge in [0.1, 0.15) is 0 Å². The van der Waals surface area contributed by atoms with Crippen LogP contribution in [0.4, 0.5) is 0 Å². The molecule has 3 N–H and O–H groups in total. The lowest BCUT2D eigenvalue weighted by Gasteiger charge is -2.14. The monoisotopic (exact) mass is 321 g/mol. The highest BCUT2D eigenvalue weighted by molar-refractivity contribution is 9.10. The maximum Gasteiger partial charge on any atom is 0.172 e. The number of halogens is 1. The molecule has 0 amide bonds. The number of rotatable bonds is 4. The molecule has 0 bridgehead atoms. The summed E-state index contributed by atoms with van der Waals surface area (Å²) in [5, 5.41) is 9.77. The van der Waals surface area contributed by atoms with E-state index < -0.39 is 0 Å². The zero-order valence-corrected chi connectivity index (χ0v) is 12.2. The molecule has 0 fully saturated rings. The third kappa shape index (κ3) is 3.28. The minimum atomic E-state index is -0.0812. The Kier molecular flexibility index (Phi) is 4.45. The van der Waals surface area contributed by atoms with Crippen LogP contribution in [-0.4, -0.2) is 12.2 Å². The predicted octanol–water partition coefficient (Wildman–Crippen LogP) is 3.41. The first-order valence-electron chi connectivity index (χ1n) is 5.97. The molecule has 3 nitrogen and oxygen atoms in total. The van der Waals surface area contributed by atoms with E-state index in [0.717, 1.165) is 11.1 Å². The Hall–Kier alpha value is -1.52. The SMILES string of the molecule is COc1cc(CC(N)c2ccccc2)cc(Br)c1O. The zero-order chi connectivity index (χ0) is 13.8. The molecule has 1 atom stereocenters. The van der Waals surface area contributed by atoms with Crippen LogP contribution in [-0.2, 0) is 6.42 Å². The largest absolute Gasteiger partial charge is 0.503 e. The summed E-state index contributed by atoms with van der Waals surface area (Å²) < 4.78 is 5.75. The smallest absolute Gasteiger partial charge is 0.172 e. The van der Waals surface area contributed by atoms with Crippen LogP contribution in [0.2, 0.25) is 0 Å². The van der Waals surface area contributed by atoms with E-state index >= 15 is 0 Å². The van der Waals surface area contributed by atoms with Crippen molar-refractivity contribution in [2.45, 2.75) is 12.5 Å². The Balaban J connectivity index is 2.22. The fraction of sp³-hybridized carbons (Fsp3) is 0.200. The average Bonchev–Trinajstić information content (AvgIpc) is 2.43. The van der Waals surface area contributed by atoms with E-state index in [-0.39, 0.29) is 11.8 Å². The van der Waals surface area contributed by atoms with Gasteiger partial charge in [-0.3, -0.25) is 0 Å². The van der Waals surface area contributed by atoms with Crippen LogP contribution in [0.5, 0.6) is 11.5 Å². The van der Waals surface area contributed by atoms with Gasteiger partial charge < -0.3 is 15.6 Å². The Morgan fingerprint density at radius 3 is 2.58 bits per heavy atom.